The predicted molar refractivity (Wildman–Crippen MR) is 119 cm³/mol. The molecule has 2 aromatic carbocycles. The zero-order valence-electron chi connectivity index (χ0n) is 15.1. The van der Waals surface area contributed by atoms with Crippen molar-refractivity contribution in [3.05, 3.63) is 79.9 Å². The van der Waals surface area contributed by atoms with Crippen LogP contribution in [0.4, 0.5) is 0 Å². The largest absolute Gasteiger partial charge is 0.454 e. The monoisotopic (exact) mass is 486 g/mol. The van der Waals surface area contributed by atoms with Crippen molar-refractivity contribution in [2.24, 2.45) is 0 Å². The van der Waals surface area contributed by atoms with Gasteiger partial charge < -0.3 is 9.47 Å². The molecule has 29 heavy (non-hydrogen) atoms. The van der Waals surface area contributed by atoms with Crippen LogP contribution < -0.4 is 15.0 Å². The van der Waals surface area contributed by atoms with Gasteiger partial charge in [0.15, 0.2) is 16.7 Å². The van der Waals surface area contributed by atoms with Crippen LogP contribution in [0, 0.1) is 0 Å². The van der Waals surface area contributed by atoms with Gasteiger partial charge in [0.1, 0.15) is 4.70 Å². The molecule has 0 atom stereocenters. The van der Waals surface area contributed by atoms with Gasteiger partial charge in [0, 0.05) is 10.2 Å². The van der Waals surface area contributed by atoms with Crippen LogP contribution in [0.2, 0.25) is 0 Å². The molecule has 2 aromatic heterocycles. The summed E-state index contributed by atoms with van der Waals surface area (Å²) in [4.78, 5) is 17.9. The average Bonchev–Trinajstić information content (AvgIpc) is 3.37. The molecule has 0 aliphatic carbocycles. The molecule has 3 heterocycles. The van der Waals surface area contributed by atoms with Crippen LogP contribution in [0.25, 0.3) is 10.2 Å². The van der Waals surface area contributed by atoms with E-state index in [-0.39, 0.29) is 12.4 Å². The lowest BCUT2D eigenvalue weighted by molar-refractivity contribution is 0.174. The second-order valence-corrected chi connectivity index (χ2v) is 9.30. The summed E-state index contributed by atoms with van der Waals surface area (Å²) in [7, 11) is 0. The van der Waals surface area contributed by atoms with E-state index < -0.39 is 0 Å². The smallest absolute Gasteiger partial charge is 0.272 e. The third-order valence-corrected chi connectivity index (χ3v) is 7.00. The Kier molecular flexibility index (Phi) is 5.07. The van der Waals surface area contributed by atoms with Crippen LogP contribution in [0.15, 0.2) is 68.3 Å². The Hall–Kier alpha value is -2.29. The number of fused-ring (bicyclic) bond motifs is 2. The summed E-state index contributed by atoms with van der Waals surface area (Å²) in [6.07, 6.45) is 0. The summed E-state index contributed by atoms with van der Waals surface area (Å²) in [6, 6.07) is 15.8. The molecule has 0 saturated carbocycles. The first-order chi connectivity index (χ1) is 14.2. The number of nitrogens with zero attached hydrogens (tertiary/aromatic N) is 2. The Morgan fingerprint density at radius 3 is 2.90 bits per heavy atom. The fourth-order valence-electron chi connectivity index (χ4n) is 3.17. The topological polar surface area (TPSA) is 53.4 Å². The highest BCUT2D eigenvalue weighted by molar-refractivity contribution is 9.10. The van der Waals surface area contributed by atoms with Crippen molar-refractivity contribution in [3.8, 4) is 11.5 Å². The van der Waals surface area contributed by atoms with Crippen LogP contribution in [0.5, 0.6) is 11.5 Å². The number of rotatable bonds is 5. The van der Waals surface area contributed by atoms with Crippen LogP contribution in [0.3, 0.4) is 0 Å². The zero-order chi connectivity index (χ0) is 19.8. The second-order valence-electron chi connectivity index (χ2n) is 6.53. The summed E-state index contributed by atoms with van der Waals surface area (Å²) in [5.41, 5.74) is 2.87. The Morgan fingerprint density at radius 2 is 2.00 bits per heavy atom. The van der Waals surface area contributed by atoms with Gasteiger partial charge in [0.25, 0.3) is 5.56 Å². The highest BCUT2D eigenvalue weighted by atomic mass is 79.9. The summed E-state index contributed by atoms with van der Waals surface area (Å²) in [5, 5.41) is 2.62. The minimum Gasteiger partial charge on any atom is -0.454 e. The van der Waals surface area contributed by atoms with Gasteiger partial charge >= 0.3 is 0 Å². The normalized spacial score (nSPS) is 12.6. The molecule has 0 spiro atoms. The van der Waals surface area contributed by atoms with Crippen LogP contribution in [-0.2, 0) is 12.3 Å². The lowest BCUT2D eigenvalue weighted by atomic mass is 10.2. The first-order valence-electron chi connectivity index (χ1n) is 8.91. The van der Waals surface area contributed by atoms with Crippen LogP contribution >= 0.6 is 39.0 Å². The molecule has 0 radical (unpaired) electrons. The number of thioether (sulfide) groups is 1. The van der Waals surface area contributed by atoms with E-state index in [1.165, 1.54) is 16.9 Å². The quantitative estimate of drug-likeness (QED) is 0.283. The molecule has 0 saturated heterocycles. The molecule has 0 bridgehead atoms. The Balaban J connectivity index is 1.51. The first kappa shape index (κ1) is 18.7. The van der Waals surface area contributed by atoms with Crippen molar-refractivity contribution < 1.29 is 9.47 Å². The molecule has 1 aliphatic rings. The number of halogens is 1. The lowest BCUT2D eigenvalue weighted by Gasteiger charge is -2.12. The van der Waals surface area contributed by atoms with Crippen molar-refractivity contribution in [1.82, 2.24) is 9.55 Å². The van der Waals surface area contributed by atoms with E-state index in [9.17, 15) is 4.79 Å². The van der Waals surface area contributed by atoms with Gasteiger partial charge in [-0.05, 0) is 46.8 Å². The van der Waals surface area contributed by atoms with Gasteiger partial charge in [-0.25, -0.2) is 4.98 Å². The zero-order valence-corrected chi connectivity index (χ0v) is 18.4. The molecule has 0 fully saturated rings. The molecule has 0 N–H and O–H groups in total. The third kappa shape index (κ3) is 3.80. The van der Waals surface area contributed by atoms with Crippen molar-refractivity contribution in [2.75, 3.05) is 6.79 Å². The number of ether oxygens (including phenoxy) is 2. The fraction of sp³-hybridized carbons (Fsp3) is 0.143. The molecular weight excluding hydrogens is 472 g/mol. The molecule has 146 valence electrons. The molecule has 5 rings (SSSR count). The summed E-state index contributed by atoms with van der Waals surface area (Å²) in [6.45, 7) is 0.659. The Bertz CT molecular complexity index is 1270. The van der Waals surface area contributed by atoms with Gasteiger partial charge in [-0.1, -0.05) is 45.9 Å². The molecule has 8 heteroatoms. The first-order valence-corrected chi connectivity index (χ1v) is 11.6. The van der Waals surface area contributed by atoms with E-state index in [2.05, 4.69) is 28.1 Å². The second kappa shape index (κ2) is 7.85. The number of benzene rings is 2. The average molecular weight is 487 g/mol. The summed E-state index contributed by atoms with van der Waals surface area (Å²) in [5.74, 6) is 2.17. The van der Waals surface area contributed by atoms with Gasteiger partial charge in [0.2, 0.25) is 6.79 Å². The molecular formula is C21H15BrN2O3S2. The number of hydrogen-bond donors (Lipinski definition) is 0. The van der Waals surface area contributed by atoms with Gasteiger partial charge in [-0.3, -0.25) is 9.36 Å². The van der Waals surface area contributed by atoms with E-state index in [4.69, 9.17) is 14.5 Å². The third-order valence-electron chi connectivity index (χ3n) is 4.57. The van der Waals surface area contributed by atoms with E-state index in [0.717, 1.165) is 27.1 Å². The predicted octanol–water partition coefficient (Wildman–Crippen LogP) is 5.29. The molecule has 0 amide bonds. The van der Waals surface area contributed by atoms with Crippen molar-refractivity contribution in [3.63, 3.8) is 0 Å². The van der Waals surface area contributed by atoms with Crippen LogP contribution in [-0.4, -0.2) is 16.3 Å². The molecule has 4 aromatic rings. The SMILES string of the molecule is O=c1c2sccc2nc(SCc2cccc(Br)c2)n1Cc1ccc2c(c1)OCO2. The van der Waals surface area contributed by atoms with E-state index in [1.807, 2.05) is 41.8 Å². The summed E-state index contributed by atoms with van der Waals surface area (Å²) < 4.78 is 14.3. The van der Waals surface area contributed by atoms with Gasteiger partial charge in [-0.2, -0.15) is 0 Å². The fourth-order valence-corrected chi connectivity index (χ4v) is 5.34. The molecule has 0 unspecified atom stereocenters. The van der Waals surface area contributed by atoms with E-state index >= 15 is 0 Å². The van der Waals surface area contributed by atoms with E-state index in [0.29, 0.717) is 22.2 Å². The van der Waals surface area contributed by atoms with Crippen LogP contribution in [0.1, 0.15) is 11.1 Å². The minimum absolute atomic E-state index is 0.0144. The maximum absolute atomic E-state index is 13.2. The van der Waals surface area contributed by atoms with Gasteiger partial charge in [-0.15, -0.1) is 11.3 Å². The number of aromatic nitrogens is 2. The standard InChI is InChI=1S/C21H15BrN2O3S2/c22-15-3-1-2-14(8-15)11-29-21-23-16-6-7-28-19(16)20(25)24(21)10-13-4-5-17-18(9-13)27-12-26-17/h1-9H,10-12H2. The van der Waals surface area contributed by atoms with Crippen molar-refractivity contribution in [1.29, 1.82) is 0 Å². The van der Waals surface area contributed by atoms with E-state index in [1.54, 1.807) is 16.3 Å². The summed E-state index contributed by atoms with van der Waals surface area (Å²) >= 11 is 6.50. The minimum atomic E-state index is -0.0144. The number of hydrogen-bond acceptors (Lipinski definition) is 6. The van der Waals surface area contributed by atoms with Crippen molar-refractivity contribution >= 4 is 49.2 Å². The lowest BCUT2D eigenvalue weighted by Crippen LogP contribution is -2.23. The maximum Gasteiger partial charge on any atom is 0.272 e. The molecule has 5 nitrogen and oxygen atoms in total. The highest BCUT2D eigenvalue weighted by Crippen LogP contribution is 2.33. The Labute approximate surface area is 183 Å². The molecule has 1 aliphatic heterocycles. The Morgan fingerprint density at radius 1 is 1.10 bits per heavy atom. The number of thiophene rings is 1. The highest BCUT2D eigenvalue weighted by Gasteiger charge is 2.17. The maximum atomic E-state index is 13.2. The van der Waals surface area contributed by atoms with Crippen molar-refractivity contribution in [2.45, 2.75) is 17.5 Å². The van der Waals surface area contributed by atoms with Gasteiger partial charge in [0.05, 0.1) is 12.1 Å².